The molecule has 0 saturated heterocycles. The molecule has 0 fully saturated rings. The molecular formula is C24H26N2O4S. The Labute approximate surface area is 183 Å². The zero-order valence-electron chi connectivity index (χ0n) is 17.6. The zero-order chi connectivity index (χ0) is 22.3. The molecule has 0 saturated carbocycles. The van der Waals surface area contributed by atoms with Crippen LogP contribution in [-0.4, -0.2) is 27.2 Å². The van der Waals surface area contributed by atoms with E-state index in [1.54, 1.807) is 48.5 Å². The largest absolute Gasteiger partial charge is 0.494 e. The second kappa shape index (κ2) is 10.1. The third kappa shape index (κ3) is 6.33. The molecule has 0 spiro atoms. The Balaban J connectivity index is 1.69. The maximum atomic E-state index is 12.4. The van der Waals surface area contributed by atoms with Gasteiger partial charge >= 0.3 is 0 Å². The molecular weight excluding hydrogens is 412 g/mol. The van der Waals surface area contributed by atoms with Gasteiger partial charge in [-0.05, 0) is 54.4 Å². The van der Waals surface area contributed by atoms with E-state index in [4.69, 9.17) is 4.74 Å². The smallest absolute Gasteiger partial charge is 0.251 e. The molecule has 7 heteroatoms. The first-order valence-corrected chi connectivity index (χ1v) is 11.8. The van der Waals surface area contributed by atoms with Crippen molar-refractivity contribution < 1.29 is 17.9 Å². The van der Waals surface area contributed by atoms with Crippen molar-refractivity contribution in [3.63, 3.8) is 0 Å². The molecule has 0 heterocycles. The number of amides is 1. The van der Waals surface area contributed by atoms with Crippen LogP contribution in [0.1, 0.15) is 28.4 Å². The summed E-state index contributed by atoms with van der Waals surface area (Å²) in [6.07, 6.45) is 1.18. The van der Waals surface area contributed by atoms with Crippen LogP contribution >= 0.6 is 0 Å². The molecule has 0 unspecified atom stereocenters. The molecule has 0 aliphatic carbocycles. The van der Waals surface area contributed by atoms with Gasteiger partial charge in [0, 0.05) is 12.1 Å². The first-order valence-electron chi connectivity index (χ1n) is 9.98. The Bertz CT molecular complexity index is 1100. The normalized spacial score (nSPS) is 11.0. The Hall–Kier alpha value is -3.32. The van der Waals surface area contributed by atoms with Crippen LogP contribution in [0.5, 0.6) is 5.75 Å². The first-order chi connectivity index (χ1) is 14.9. The number of carbonyl (C=O) groups excluding carboxylic acids is 1. The fraction of sp³-hybridized carbons (Fsp3) is 0.208. The summed E-state index contributed by atoms with van der Waals surface area (Å²) < 4.78 is 31.5. The minimum Gasteiger partial charge on any atom is -0.494 e. The summed E-state index contributed by atoms with van der Waals surface area (Å²) in [7, 11) is -3.49. The highest BCUT2D eigenvalue weighted by Gasteiger charge is 2.18. The van der Waals surface area contributed by atoms with Crippen molar-refractivity contribution in [3.8, 4) is 5.75 Å². The van der Waals surface area contributed by atoms with E-state index in [0.717, 1.165) is 11.1 Å². The van der Waals surface area contributed by atoms with Gasteiger partial charge < -0.3 is 10.1 Å². The van der Waals surface area contributed by atoms with Crippen LogP contribution in [0.3, 0.4) is 0 Å². The molecule has 1 N–H and O–H groups in total. The second-order valence-corrected chi connectivity index (χ2v) is 8.97. The van der Waals surface area contributed by atoms with Crippen molar-refractivity contribution >= 4 is 21.6 Å². The van der Waals surface area contributed by atoms with E-state index in [1.807, 2.05) is 37.3 Å². The van der Waals surface area contributed by atoms with Gasteiger partial charge in [0.15, 0.2) is 0 Å². The quantitative estimate of drug-likeness (QED) is 0.548. The lowest BCUT2D eigenvalue weighted by atomic mass is 10.1. The summed E-state index contributed by atoms with van der Waals surface area (Å²) >= 11 is 0. The van der Waals surface area contributed by atoms with Gasteiger partial charge in [-0.25, -0.2) is 8.42 Å². The predicted molar refractivity (Wildman–Crippen MR) is 123 cm³/mol. The Morgan fingerprint density at radius 3 is 2.13 bits per heavy atom. The average Bonchev–Trinajstić information content (AvgIpc) is 2.77. The molecule has 0 aromatic heterocycles. The Morgan fingerprint density at radius 2 is 1.55 bits per heavy atom. The van der Waals surface area contributed by atoms with Crippen molar-refractivity contribution in [1.82, 2.24) is 5.32 Å². The number of hydrogen-bond acceptors (Lipinski definition) is 4. The number of nitrogens with zero attached hydrogens (tertiary/aromatic N) is 1. The highest BCUT2D eigenvalue weighted by atomic mass is 32.2. The first kappa shape index (κ1) is 22.4. The summed E-state index contributed by atoms with van der Waals surface area (Å²) in [5.74, 6) is 0.507. The van der Waals surface area contributed by atoms with E-state index in [-0.39, 0.29) is 12.5 Å². The number of carbonyl (C=O) groups is 1. The number of benzene rings is 3. The fourth-order valence-electron chi connectivity index (χ4n) is 3.08. The lowest BCUT2D eigenvalue weighted by Crippen LogP contribution is -2.29. The Kier molecular flexibility index (Phi) is 7.31. The third-order valence-corrected chi connectivity index (χ3v) is 5.81. The summed E-state index contributed by atoms with van der Waals surface area (Å²) in [6.45, 7) is 3.04. The number of hydrogen-bond donors (Lipinski definition) is 1. The topological polar surface area (TPSA) is 75.7 Å². The zero-order valence-corrected chi connectivity index (χ0v) is 18.4. The molecule has 0 atom stereocenters. The molecule has 3 aromatic carbocycles. The van der Waals surface area contributed by atoms with E-state index in [2.05, 4.69) is 5.32 Å². The van der Waals surface area contributed by atoms with Crippen LogP contribution in [-0.2, 0) is 23.1 Å². The SMILES string of the molecule is CCOc1ccc(N(Cc2ccc(C(=O)NCc3ccccc3)cc2)S(C)(=O)=O)cc1. The van der Waals surface area contributed by atoms with Gasteiger partial charge in [0.25, 0.3) is 5.91 Å². The number of sulfonamides is 1. The minimum atomic E-state index is -3.49. The van der Waals surface area contributed by atoms with Crippen LogP contribution in [0.25, 0.3) is 0 Å². The lowest BCUT2D eigenvalue weighted by molar-refractivity contribution is 0.0951. The van der Waals surface area contributed by atoms with Crippen molar-refractivity contribution in [1.29, 1.82) is 0 Å². The molecule has 0 aliphatic rings. The number of ether oxygens (including phenoxy) is 1. The average molecular weight is 439 g/mol. The van der Waals surface area contributed by atoms with E-state index >= 15 is 0 Å². The van der Waals surface area contributed by atoms with Crippen LogP contribution in [0.15, 0.2) is 78.9 Å². The van der Waals surface area contributed by atoms with Crippen molar-refractivity contribution in [3.05, 3.63) is 95.6 Å². The number of rotatable bonds is 9. The van der Waals surface area contributed by atoms with Crippen molar-refractivity contribution in [2.24, 2.45) is 0 Å². The predicted octanol–water partition coefficient (Wildman–Crippen LogP) is 3.98. The standard InChI is InChI=1S/C24H26N2O4S/c1-3-30-23-15-13-22(14-16-23)26(31(2,28)29)18-20-9-11-21(12-10-20)24(27)25-17-19-7-5-4-6-8-19/h4-16H,3,17-18H2,1-2H3,(H,25,27). The van der Waals surface area contributed by atoms with Crippen LogP contribution < -0.4 is 14.4 Å². The van der Waals surface area contributed by atoms with Gasteiger partial charge in [-0.3, -0.25) is 9.10 Å². The lowest BCUT2D eigenvalue weighted by Gasteiger charge is -2.23. The molecule has 0 aliphatic heterocycles. The van der Waals surface area contributed by atoms with Crippen LogP contribution in [0.4, 0.5) is 5.69 Å². The molecule has 3 aromatic rings. The number of anilines is 1. The molecule has 6 nitrogen and oxygen atoms in total. The van der Waals surface area contributed by atoms with Crippen molar-refractivity contribution in [2.75, 3.05) is 17.2 Å². The van der Waals surface area contributed by atoms with Crippen LogP contribution in [0.2, 0.25) is 0 Å². The highest BCUT2D eigenvalue weighted by Crippen LogP contribution is 2.24. The van der Waals surface area contributed by atoms with Gasteiger partial charge in [0.05, 0.1) is 25.1 Å². The minimum absolute atomic E-state index is 0.165. The molecule has 0 radical (unpaired) electrons. The van der Waals surface area contributed by atoms with E-state index in [9.17, 15) is 13.2 Å². The second-order valence-electron chi connectivity index (χ2n) is 7.06. The van der Waals surface area contributed by atoms with Gasteiger partial charge in [-0.2, -0.15) is 0 Å². The maximum Gasteiger partial charge on any atom is 0.251 e. The summed E-state index contributed by atoms with van der Waals surface area (Å²) in [5.41, 5.74) is 2.87. The highest BCUT2D eigenvalue weighted by molar-refractivity contribution is 7.92. The summed E-state index contributed by atoms with van der Waals surface area (Å²) in [6, 6.07) is 23.5. The molecule has 0 bridgehead atoms. The van der Waals surface area contributed by atoms with E-state index in [1.165, 1.54) is 10.6 Å². The molecule has 31 heavy (non-hydrogen) atoms. The van der Waals surface area contributed by atoms with E-state index in [0.29, 0.717) is 30.2 Å². The van der Waals surface area contributed by atoms with Crippen molar-refractivity contribution in [2.45, 2.75) is 20.0 Å². The molecule has 3 rings (SSSR count). The van der Waals surface area contributed by atoms with Gasteiger partial charge in [0.1, 0.15) is 5.75 Å². The maximum absolute atomic E-state index is 12.4. The third-order valence-electron chi connectivity index (χ3n) is 4.67. The fourth-order valence-corrected chi connectivity index (χ4v) is 3.97. The number of nitrogens with one attached hydrogen (secondary N) is 1. The molecule has 162 valence electrons. The summed E-state index contributed by atoms with van der Waals surface area (Å²) in [5, 5.41) is 2.88. The van der Waals surface area contributed by atoms with E-state index < -0.39 is 10.0 Å². The van der Waals surface area contributed by atoms with Gasteiger partial charge in [0.2, 0.25) is 10.0 Å². The molecule has 1 amide bonds. The van der Waals surface area contributed by atoms with Gasteiger partial charge in [-0.1, -0.05) is 42.5 Å². The van der Waals surface area contributed by atoms with Crippen LogP contribution in [0, 0.1) is 0 Å². The Morgan fingerprint density at radius 1 is 0.903 bits per heavy atom. The van der Waals surface area contributed by atoms with Gasteiger partial charge in [-0.15, -0.1) is 0 Å². The monoisotopic (exact) mass is 438 g/mol. The summed E-state index contributed by atoms with van der Waals surface area (Å²) in [4.78, 5) is 12.4.